The molecule has 0 amide bonds. The van der Waals surface area contributed by atoms with Gasteiger partial charge >= 0.3 is 0 Å². The van der Waals surface area contributed by atoms with Crippen LogP contribution in [0.2, 0.25) is 5.02 Å². The molecule has 0 bridgehead atoms. The van der Waals surface area contributed by atoms with Crippen LogP contribution < -0.4 is 0 Å². The Morgan fingerprint density at radius 3 is 2.23 bits per heavy atom. The lowest BCUT2D eigenvalue weighted by Crippen LogP contribution is -2.19. The molecule has 2 heteroatoms. The van der Waals surface area contributed by atoms with Crippen LogP contribution >= 0.6 is 11.6 Å². The molecule has 1 aromatic carbocycles. The largest absolute Gasteiger partial charge is 0.396 e. The summed E-state index contributed by atoms with van der Waals surface area (Å²) in [5, 5.41) is 9.84. The number of hydrogen-bond donors (Lipinski definition) is 1. The lowest BCUT2D eigenvalue weighted by atomic mass is 9.87. The highest BCUT2D eigenvalue weighted by atomic mass is 35.5. The minimum absolute atomic E-state index is 0.0478. The van der Waals surface area contributed by atoms with Crippen molar-refractivity contribution in [2.75, 3.05) is 6.61 Å². The Kier molecular flexibility index (Phi) is 3.34. The smallest absolute Gasteiger partial charge is 0.0485 e. The molecule has 0 aromatic heterocycles. The van der Waals surface area contributed by atoms with Crippen molar-refractivity contribution in [3.05, 3.63) is 34.9 Å². The fourth-order valence-corrected chi connectivity index (χ4v) is 1.34. The fraction of sp³-hybridized carbons (Fsp3) is 0.455. The summed E-state index contributed by atoms with van der Waals surface area (Å²) >= 11 is 5.77. The summed E-state index contributed by atoms with van der Waals surface area (Å²) in [6.45, 7) is 4.29. The normalized spacial score (nSPS) is 11.7. The summed E-state index contributed by atoms with van der Waals surface area (Å²) in [4.78, 5) is 0. The van der Waals surface area contributed by atoms with E-state index in [0.717, 1.165) is 11.4 Å². The molecule has 0 fully saturated rings. The SMILES string of the molecule is CC(C)(CO)Cc1ccc(Cl)cc1. The van der Waals surface area contributed by atoms with Crippen LogP contribution in [0.15, 0.2) is 24.3 Å². The maximum Gasteiger partial charge on any atom is 0.0485 e. The number of rotatable bonds is 3. The van der Waals surface area contributed by atoms with Crippen LogP contribution in [0.25, 0.3) is 0 Å². The van der Waals surface area contributed by atoms with Crippen LogP contribution in [-0.4, -0.2) is 11.7 Å². The Labute approximate surface area is 84.4 Å². The van der Waals surface area contributed by atoms with E-state index in [0.29, 0.717) is 0 Å². The molecule has 0 spiro atoms. The first-order chi connectivity index (χ1) is 6.03. The summed E-state index contributed by atoms with van der Waals surface area (Å²) in [6.07, 6.45) is 0.876. The Bertz CT molecular complexity index is 264. The predicted octanol–water partition coefficient (Wildman–Crippen LogP) is 2.90. The van der Waals surface area contributed by atoms with Gasteiger partial charge in [-0.05, 0) is 29.5 Å². The van der Waals surface area contributed by atoms with Gasteiger partial charge in [0.1, 0.15) is 0 Å². The molecule has 1 N–H and O–H groups in total. The van der Waals surface area contributed by atoms with E-state index in [1.807, 2.05) is 38.1 Å². The number of benzene rings is 1. The number of aliphatic hydroxyl groups excluding tert-OH is 1. The minimum Gasteiger partial charge on any atom is -0.396 e. The van der Waals surface area contributed by atoms with E-state index < -0.39 is 0 Å². The van der Waals surface area contributed by atoms with E-state index in [1.54, 1.807) is 0 Å². The summed E-state index contributed by atoms with van der Waals surface area (Å²) < 4.78 is 0. The molecular formula is C11H15ClO. The summed E-state index contributed by atoms with van der Waals surface area (Å²) in [5.74, 6) is 0. The number of hydrogen-bond acceptors (Lipinski definition) is 1. The third-order valence-electron chi connectivity index (χ3n) is 2.02. The molecule has 0 heterocycles. The molecule has 0 aliphatic rings. The monoisotopic (exact) mass is 198 g/mol. The molecule has 0 aliphatic carbocycles. The van der Waals surface area contributed by atoms with Gasteiger partial charge in [-0.1, -0.05) is 37.6 Å². The van der Waals surface area contributed by atoms with Crippen molar-refractivity contribution in [3.63, 3.8) is 0 Å². The number of halogens is 1. The van der Waals surface area contributed by atoms with Gasteiger partial charge in [-0.25, -0.2) is 0 Å². The zero-order valence-electron chi connectivity index (χ0n) is 8.05. The van der Waals surface area contributed by atoms with E-state index in [4.69, 9.17) is 16.7 Å². The third-order valence-corrected chi connectivity index (χ3v) is 2.28. The zero-order chi connectivity index (χ0) is 9.90. The van der Waals surface area contributed by atoms with E-state index in [1.165, 1.54) is 5.56 Å². The molecular weight excluding hydrogens is 184 g/mol. The van der Waals surface area contributed by atoms with Crippen LogP contribution in [0.3, 0.4) is 0 Å². The molecule has 1 rings (SSSR count). The second-order valence-electron chi connectivity index (χ2n) is 4.13. The van der Waals surface area contributed by atoms with Crippen LogP contribution in [-0.2, 0) is 6.42 Å². The fourth-order valence-electron chi connectivity index (χ4n) is 1.21. The highest BCUT2D eigenvalue weighted by Gasteiger charge is 2.16. The third kappa shape index (κ3) is 3.37. The maximum atomic E-state index is 9.08. The Morgan fingerprint density at radius 2 is 1.77 bits per heavy atom. The molecule has 0 saturated heterocycles. The van der Waals surface area contributed by atoms with Crippen LogP contribution in [0, 0.1) is 5.41 Å². The quantitative estimate of drug-likeness (QED) is 0.792. The van der Waals surface area contributed by atoms with Gasteiger partial charge in [-0.2, -0.15) is 0 Å². The molecule has 0 unspecified atom stereocenters. The van der Waals surface area contributed by atoms with Crippen LogP contribution in [0.1, 0.15) is 19.4 Å². The zero-order valence-corrected chi connectivity index (χ0v) is 8.80. The molecule has 13 heavy (non-hydrogen) atoms. The van der Waals surface area contributed by atoms with E-state index >= 15 is 0 Å². The van der Waals surface area contributed by atoms with Crippen molar-refractivity contribution < 1.29 is 5.11 Å². The molecule has 0 aliphatic heterocycles. The first-order valence-electron chi connectivity index (χ1n) is 4.39. The summed E-state index contributed by atoms with van der Waals surface area (Å²) in [5.41, 5.74) is 1.16. The van der Waals surface area contributed by atoms with Gasteiger partial charge in [0, 0.05) is 11.6 Å². The molecule has 0 radical (unpaired) electrons. The van der Waals surface area contributed by atoms with Gasteiger partial charge in [-0.15, -0.1) is 0 Å². The first kappa shape index (κ1) is 10.6. The lowest BCUT2D eigenvalue weighted by Gasteiger charge is -2.21. The highest BCUT2D eigenvalue weighted by Crippen LogP contribution is 2.21. The Hall–Kier alpha value is -0.530. The van der Waals surface area contributed by atoms with Crippen molar-refractivity contribution in [2.24, 2.45) is 5.41 Å². The van der Waals surface area contributed by atoms with E-state index in [9.17, 15) is 0 Å². The van der Waals surface area contributed by atoms with Gasteiger partial charge in [-0.3, -0.25) is 0 Å². The van der Waals surface area contributed by atoms with Crippen molar-refractivity contribution in [3.8, 4) is 0 Å². The van der Waals surface area contributed by atoms with Gasteiger partial charge in [0.05, 0.1) is 0 Å². The van der Waals surface area contributed by atoms with E-state index in [2.05, 4.69) is 0 Å². The second-order valence-corrected chi connectivity index (χ2v) is 4.56. The van der Waals surface area contributed by atoms with Crippen molar-refractivity contribution in [1.29, 1.82) is 0 Å². The van der Waals surface area contributed by atoms with Crippen LogP contribution in [0.4, 0.5) is 0 Å². The van der Waals surface area contributed by atoms with Crippen molar-refractivity contribution >= 4 is 11.6 Å². The molecule has 72 valence electrons. The molecule has 0 saturated carbocycles. The number of aliphatic hydroxyl groups is 1. The molecule has 1 nitrogen and oxygen atoms in total. The van der Waals surface area contributed by atoms with Gasteiger partial charge in [0.2, 0.25) is 0 Å². The Balaban J connectivity index is 2.69. The van der Waals surface area contributed by atoms with E-state index in [-0.39, 0.29) is 12.0 Å². The lowest BCUT2D eigenvalue weighted by molar-refractivity contribution is 0.159. The standard InChI is InChI=1S/C11H15ClO/c1-11(2,8-13)7-9-3-5-10(12)6-4-9/h3-6,13H,7-8H2,1-2H3. The van der Waals surface area contributed by atoms with Gasteiger partial charge < -0.3 is 5.11 Å². The topological polar surface area (TPSA) is 20.2 Å². The van der Waals surface area contributed by atoms with Crippen molar-refractivity contribution in [2.45, 2.75) is 20.3 Å². The average Bonchev–Trinajstić information content (AvgIpc) is 2.09. The highest BCUT2D eigenvalue weighted by molar-refractivity contribution is 6.30. The second kappa shape index (κ2) is 4.12. The van der Waals surface area contributed by atoms with Gasteiger partial charge in [0.15, 0.2) is 0 Å². The maximum absolute atomic E-state index is 9.08. The summed E-state index contributed by atoms with van der Waals surface area (Å²) in [7, 11) is 0. The first-order valence-corrected chi connectivity index (χ1v) is 4.77. The van der Waals surface area contributed by atoms with Gasteiger partial charge in [0.25, 0.3) is 0 Å². The van der Waals surface area contributed by atoms with Crippen LogP contribution in [0.5, 0.6) is 0 Å². The van der Waals surface area contributed by atoms with Crippen molar-refractivity contribution in [1.82, 2.24) is 0 Å². The average molecular weight is 199 g/mol. The molecule has 1 aromatic rings. The molecule has 0 atom stereocenters. The Morgan fingerprint density at radius 1 is 1.23 bits per heavy atom. The summed E-state index contributed by atoms with van der Waals surface area (Å²) in [6, 6.07) is 7.76. The predicted molar refractivity (Wildman–Crippen MR) is 56.0 cm³/mol. The minimum atomic E-state index is -0.0478.